The second kappa shape index (κ2) is 8.13. The molecular formula is C20H25N5OS. The molecule has 0 spiro atoms. The smallest absolute Gasteiger partial charge is 0.234 e. The van der Waals surface area contributed by atoms with Gasteiger partial charge in [-0.25, -0.2) is 0 Å². The summed E-state index contributed by atoms with van der Waals surface area (Å²) in [6.07, 6.45) is 4.67. The number of carbonyl (C=O) groups is 1. The van der Waals surface area contributed by atoms with Crippen molar-refractivity contribution in [3.63, 3.8) is 0 Å². The van der Waals surface area contributed by atoms with Crippen LogP contribution in [0.3, 0.4) is 0 Å². The largest absolute Gasteiger partial charge is 0.326 e. The molecular weight excluding hydrogens is 358 g/mol. The lowest BCUT2D eigenvalue weighted by atomic mass is 9.81. The Hall–Kier alpha value is -2.33. The van der Waals surface area contributed by atoms with Gasteiger partial charge in [0.2, 0.25) is 5.91 Å². The van der Waals surface area contributed by atoms with Gasteiger partial charge in [-0.15, -0.1) is 10.2 Å². The second-order valence-corrected chi connectivity index (χ2v) is 8.07. The first-order chi connectivity index (χ1) is 13.0. The molecule has 7 heteroatoms. The van der Waals surface area contributed by atoms with Crippen LogP contribution in [-0.4, -0.2) is 43.9 Å². The molecule has 1 heterocycles. The zero-order valence-corrected chi connectivity index (χ0v) is 16.9. The maximum Gasteiger partial charge on any atom is 0.234 e. The van der Waals surface area contributed by atoms with Gasteiger partial charge in [-0.3, -0.25) is 4.79 Å². The Morgan fingerprint density at radius 3 is 2.67 bits per heavy atom. The Morgan fingerprint density at radius 1 is 1.30 bits per heavy atom. The molecule has 3 rings (SSSR count). The lowest BCUT2D eigenvalue weighted by Crippen LogP contribution is -2.50. The van der Waals surface area contributed by atoms with Gasteiger partial charge < -0.3 is 9.47 Å². The highest BCUT2D eigenvalue weighted by molar-refractivity contribution is 7.99. The number of carbonyl (C=O) groups excluding carboxylic acids is 1. The molecule has 1 aromatic heterocycles. The van der Waals surface area contributed by atoms with Crippen molar-refractivity contribution in [3.8, 4) is 17.5 Å². The summed E-state index contributed by atoms with van der Waals surface area (Å²) in [5.41, 5.74) is 1.52. The molecule has 6 nitrogen and oxygen atoms in total. The number of nitriles is 1. The highest BCUT2D eigenvalue weighted by atomic mass is 32.2. The minimum absolute atomic E-state index is 0.0381. The summed E-state index contributed by atoms with van der Waals surface area (Å²) in [6, 6.07) is 10.4. The summed E-state index contributed by atoms with van der Waals surface area (Å²) in [5, 5.41) is 18.9. The lowest BCUT2D eigenvalue weighted by molar-refractivity contribution is -0.131. The zero-order chi connectivity index (χ0) is 19.4. The Bertz CT molecular complexity index is 863. The van der Waals surface area contributed by atoms with Crippen molar-refractivity contribution in [3.05, 3.63) is 29.8 Å². The van der Waals surface area contributed by atoms with E-state index in [0.29, 0.717) is 5.16 Å². The average molecular weight is 384 g/mol. The fourth-order valence-electron chi connectivity index (χ4n) is 3.62. The van der Waals surface area contributed by atoms with Crippen LogP contribution < -0.4 is 0 Å². The van der Waals surface area contributed by atoms with Gasteiger partial charge in [0.1, 0.15) is 5.54 Å². The molecule has 1 amide bonds. The highest BCUT2D eigenvalue weighted by Crippen LogP contribution is 2.33. The molecule has 1 saturated carbocycles. The van der Waals surface area contributed by atoms with Crippen LogP contribution in [0.4, 0.5) is 0 Å². The Kier molecular flexibility index (Phi) is 5.85. The molecule has 2 aromatic rings. The van der Waals surface area contributed by atoms with Crippen LogP contribution in [0.2, 0.25) is 0 Å². The number of benzene rings is 1. The molecule has 0 saturated heterocycles. The summed E-state index contributed by atoms with van der Waals surface area (Å²) in [4.78, 5) is 14.4. The molecule has 0 bridgehead atoms. The SMILES string of the molecule is Cc1ccccc1-c1nnc(SCC(=O)N(C)C2(C#N)CCCCC2)n1C. The number of rotatable bonds is 5. The Labute approximate surface area is 164 Å². The molecule has 0 atom stereocenters. The van der Waals surface area contributed by atoms with E-state index in [0.717, 1.165) is 49.1 Å². The van der Waals surface area contributed by atoms with Crippen LogP contribution in [0.5, 0.6) is 0 Å². The van der Waals surface area contributed by atoms with Crippen molar-refractivity contribution in [1.29, 1.82) is 5.26 Å². The molecule has 27 heavy (non-hydrogen) atoms. The first-order valence-corrected chi connectivity index (χ1v) is 10.2. The normalized spacial score (nSPS) is 15.9. The summed E-state index contributed by atoms with van der Waals surface area (Å²) < 4.78 is 1.92. The van der Waals surface area contributed by atoms with Gasteiger partial charge in [0.15, 0.2) is 11.0 Å². The molecule has 0 N–H and O–H groups in total. The number of thioether (sulfide) groups is 1. The summed E-state index contributed by atoms with van der Waals surface area (Å²) >= 11 is 1.37. The van der Waals surface area contributed by atoms with Crippen LogP contribution >= 0.6 is 11.8 Å². The highest BCUT2D eigenvalue weighted by Gasteiger charge is 2.38. The van der Waals surface area contributed by atoms with Crippen LogP contribution in [0.15, 0.2) is 29.4 Å². The van der Waals surface area contributed by atoms with E-state index in [-0.39, 0.29) is 11.7 Å². The van der Waals surface area contributed by atoms with E-state index in [1.165, 1.54) is 11.8 Å². The van der Waals surface area contributed by atoms with Gasteiger partial charge in [0, 0.05) is 19.7 Å². The molecule has 0 aliphatic heterocycles. The predicted molar refractivity (Wildman–Crippen MR) is 106 cm³/mol. The van der Waals surface area contributed by atoms with Crippen molar-refractivity contribution in [2.24, 2.45) is 7.05 Å². The number of aromatic nitrogens is 3. The Morgan fingerprint density at radius 2 is 2.00 bits per heavy atom. The molecule has 142 valence electrons. The molecule has 0 unspecified atom stereocenters. The maximum absolute atomic E-state index is 12.7. The van der Waals surface area contributed by atoms with Crippen molar-refractivity contribution < 1.29 is 4.79 Å². The van der Waals surface area contributed by atoms with E-state index in [4.69, 9.17) is 0 Å². The van der Waals surface area contributed by atoms with Gasteiger partial charge in [-0.05, 0) is 25.3 Å². The summed E-state index contributed by atoms with van der Waals surface area (Å²) in [7, 11) is 3.67. The van der Waals surface area contributed by atoms with Crippen molar-refractivity contribution >= 4 is 17.7 Å². The van der Waals surface area contributed by atoms with Crippen molar-refractivity contribution in [2.75, 3.05) is 12.8 Å². The van der Waals surface area contributed by atoms with E-state index in [9.17, 15) is 10.1 Å². The summed E-state index contributed by atoms with van der Waals surface area (Å²) in [6.45, 7) is 2.04. The number of hydrogen-bond donors (Lipinski definition) is 0. The van der Waals surface area contributed by atoms with Gasteiger partial charge in [0.05, 0.1) is 11.8 Å². The minimum Gasteiger partial charge on any atom is -0.326 e. The van der Waals surface area contributed by atoms with Crippen LogP contribution in [0, 0.1) is 18.3 Å². The van der Waals surface area contributed by atoms with Crippen molar-refractivity contribution in [1.82, 2.24) is 19.7 Å². The third kappa shape index (κ3) is 3.86. The molecule has 1 aliphatic carbocycles. The number of aryl methyl sites for hydroxylation is 1. The standard InChI is InChI=1S/C20H25N5OS/c1-15-9-5-6-10-16(15)18-22-23-19(24(18)2)27-13-17(26)25(3)20(14-21)11-7-4-8-12-20/h5-6,9-10H,4,7-8,11-13H2,1-3H3. The monoisotopic (exact) mass is 383 g/mol. The third-order valence-corrected chi connectivity index (χ3v) is 6.46. The first-order valence-electron chi connectivity index (χ1n) is 9.24. The quantitative estimate of drug-likeness (QED) is 0.738. The van der Waals surface area contributed by atoms with Gasteiger partial charge >= 0.3 is 0 Å². The molecule has 1 fully saturated rings. The van der Waals surface area contributed by atoms with E-state index in [1.54, 1.807) is 11.9 Å². The maximum atomic E-state index is 12.7. The van der Waals surface area contributed by atoms with Crippen LogP contribution in [-0.2, 0) is 11.8 Å². The lowest BCUT2D eigenvalue weighted by Gasteiger charge is -2.39. The van der Waals surface area contributed by atoms with Gasteiger partial charge in [-0.2, -0.15) is 5.26 Å². The number of amides is 1. The van der Waals surface area contributed by atoms with Crippen molar-refractivity contribution in [2.45, 2.75) is 49.7 Å². The third-order valence-electron chi connectivity index (χ3n) is 5.45. The number of nitrogens with zero attached hydrogens (tertiary/aromatic N) is 5. The Balaban J connectivity index is 1.69. The fourth-order valence-corrected chi connectivity index (χ4v) is 4.44. The van der Waals surface area contributed by atoms with E-state index in [1.807, 2.05) is 42.8 Å². The first kappa shape index (κ1) is 19.4. The second-order valence-electron chi connectivity index (χ2n) is 7.13. The van der Waals surface area contributed by atoms with Gasteiger partial charge in [0.25, 0.3) is 0 Å². The van der Waals surface area contributed by atoms with Crippen LogP contribution in [0.1, 0.15) is 37.7 Å². The van der Waals surface area contributed by atoms with Crippen LogP contribution in [0.25, 0.3) is 11.4 Å². The summed E-state index contributed by atoms with van der Waals surface area (Å²) in [5.74, 6) is 1.00. The fraction of sp³-hybridized carbons (Fsp3) is 0.500. The van der Waals surface area contributed by atoms with Gasteiger partial charge in [-0.1, -0.05) is 55.3 Å². The average Bonchev–Trinajstić information content (AvgIpc) is 3.06. The molecule has 1 aliphatic rings. The molecule has 1 aromatic carbocycles. The topological polar surface area (TPSA) is 74.8 Å². The molecule has 0 radical (unpaired) electrons. The van der Waals surface area contributed by atoms with E-state index in [2.05, 4.69) is 16.3 Å². The predicted octanol–water partition coefficient (Wildman–Crippen LogP) is 3.57. The number of hydrogen-bond acceptors (Lipinski definition) is 5. The van der Waals surface area contributed by atoms with E-state index < -0.39 is 5.54 Å². The minimum atomic E-state index is -0.651. The zero-order valence-electron chi connectivity index (χ0n) is 16.1. The van der Waals surface area contributed by atoms with E-state index >= 15 is 0 Å².